The maximum absolute atomic E-state index is 10.9. The van der Waals surface area contributed by atoms with Crippen LogP contribution < -0.4 is 10.3 Å². The van der Waals surface area contributed by atoms with Gasteiger partial charge in [0.2, 0.25) is 11.4 Å². The molecule has 0 amide bonds. The largest absolute Gasteiger partial charge is 0.481 e. The van der Waals surface area contributed by atoms with E-state index in [1.165, 1.54) is 38.5 Å². The van der Waals surface area contributed by atoms with Crippen LogP contribution in [0.1, 0.15) is 31.5 Å². The number of ether oxygens (including phenoxy) is 2. The highest BCUT2D eigenvalue weighted by molar-refractivity contribution is 6.67. The molecule has 0 atom stereocenters. The smallest absolute Gasteiger partial charge is 0.356 e. The number of methoxy groups -OCH3 is 2. The molecule has 0 bridgehead atoms. The van der Waals surface area contributed by atoms with Crippen molar-refractivity contribution in [3.05, 3.63) is 87.2 Å². The molecule has 10 nitrogen and oxygen atoms in total. The maximum Gasteiger partial charge on any atom is 0.356 e. The van der Waals surface area contributed by atoms with Crippen molar-refractivity contribution in [3.63, 3.8) is 0 Å². The molecule has 0 saturated heterocycles. The van der Waals surface area contributed by atoms with Gasteiger partial charge in [0.05, 0.1) is 14.2 Å². The monoisotopic (exact) mass is 481 g/mol. The molecule has 0 aliphatic rings. The summed E-state index contributed by atoms with van der Waals surface area (Å²) in [6.07, 6.45) is 0. The highest BCUT2D eigenvalue weighted by atomic mass is 35.5. The van der Waals surface area contributed by atoms with Crippen molar-refractivity contribution < 1.29 is 29.0 Å². The van der Waals surface area contributed by atoms with E-state index in [4.69, 9.17) is 33.0 Å². The summed E-state index contributed by atoms with van der Waals surface area (Å²) in [5, 5.41) is 8.01. The first-order valence-electron chi connectivity index (χ1n) is 8.52. The Bertz CT molecular complexity index is 1140. The van der Waals surface area contributed by atoms with Crippen LogP contribution in [0.3, 0.4) is 0 Å². The fourth-order valence-electron chi connectivity index (χ4n) is 1.84. The molecule has 168 valence electrons. The third kappa shape index (κ3) is 9.37. The van der Waals surface area contributed by atoms with Crippen molar-refractivity contribution >= 4 is 40.4 Å². The van der Waals surface area contributed by atoms with E-state index in [1.54, 1.807) is 30.3 Å². The van der Waals surface area contributed by atoms with Crippen molar-refractivity contribution in [3.8, 4) is 5.88 Å². The van der Waals surface area contributed by atoms with Gasteiger partial charge in [0.1, 0.15) is 16.5 Å². The van der Waals surface area contributed by atoms with Crippen molar-refractivity contribution in [2.45, 2.75) is 0 Å². The summed E-state index contributed by atoms with van der Waals surface area (Å²) < 4.78 is 9.31. The van der Waals surface area contributed by atoms with Crippen molar-refractivity contribution in [1.29, 1.82) is 0 Å². The van der Waals surface area contributed by atoms with Gasteiger partial charge >= 0.3 is 11.9 Å². The number of carboxylic acid groups (broad SMARTS) is 1. The molecular formula is C20H17Cl2N3O7. The minimum absolute atomic E-state index is 0.0903. The number of hydrogen-bond donors (Lipinski definition) is 2. The first-order chi connectivity index (χ1) is 15.2. The number of carbonyl (C=O) groups is 3. The van der Waals surface area contributed by atoms with Gasteiger partial charge in [-0.25, -0.2) is 19.6 Å². The fraction of sp³-hybridized carbons (Fsp3) is 0.100. The van der Waals surface area contributed by atoms with E-state index in [9.17, 15) is 19.2 Å². The second kappa shape index (κ2) is 13.5. The average Bonchev–Trinajstić information content (AvgIpc) is 2.79. The summed E-state index contributed by atoms with van der Waals surface area (Å²) in [6.45, 7) is 0. The zero-order valence-electron chi connectivity index (χ0n) is 16.7. The van der Waals surface area contributed by atoms with E-state index in [0.717, 1.165) is 0 Å². The number of pyridine rings is 3. The Kier molecular flexibility index (Phi) is 11.1. The molecule has 3 aromatic rings. The lowest BCUT2D eigenvalue weighted by molar-refractivity contribution is 0.0592. The molecule has 0 fully saturated rings. The number of carbonyl (C=O) groups excluding carboxylic acids is 2. The summed E-state index contributed by atoms with van der Waals surface area (Å²) in [5.74, 6) is -1.19. The number of nitrogens with zero attached hydrogens (tertiary/aromatic N) is 2. The van der Waals surface area contributed by atoms with Gasteiger partial charge in [0.15, 0.2) is 5.69 Å². The molecule has 3 aromatic heterocycles. The Labute approximate surface area is 191 Å². The molecule has 0 aromatic carbocycles. The van der Waals surface area contributed by atoms with Gasteiger partial charge in [-0.05, 0) is 35.9 Å². The molecule has 0 radical (unpaired) electrons. The van der Waals surface area contributed by atoms with Crippen molar-refractivity contribution in [2.75, 3.05) is 14.2 Å². The van der Waals surface area contributed by atoms with E-state index in [0.29, 0.717) is 5.88 Å². The van der Waals surface area contributed by atoms with E-state index < -0.39 is 22.7 Å². The number of hydrogen-bond acceptors (Lipinski definition) is 8. The lowest BCUT2D eigenvalue weighted by atomic mass is 10.3. The van der Waals surface area contributed by atoms with Crippen LogP contribution in [0, 0.1) is 0 Å². The molecule has 32 heavy (non-hydrogen) atoms. The molecule has 0 unspecified atom stereocenters. The molecule has 3 rings (SSSR count). The second-order valence-electron chi connectivity index (χ2n) is 5.41. The predicted molar refractivity (Wildman–Crippen MR) is 116 cm³/mol. The molecule has 0 spiro atoms. The SMILES string of the molecule is COC(=O)c1cccc(OC)n1.O=C(Cl)c1cccc(Cl)n1.O=C(O)c1cccc(=O)[nH]1. The highest BCUT2D eigenvalue weighted by Crippen LogP contribution is 2.07. The van der Waals surface area contributed by atoms with Crippen LogP contribution in [0.2, 0.25) is 5.15 Å². The number of halogens is 2. The van der Waals surface area contributed by atoms with Gasteiger partial charge < -0.3 is 19.6 Å². The van der Waals surface area contributed by atoms with Gasteiger partial charge in [0, 0.05) is 12.1 Å². The minimum Gasteiger partial charge on any atom is -0.481 e. The van der Waals surface area contributed by atoms with Gasteiger partial charge in [-0.2, -0.15) is 0 Å². The van der Waals surface area contributed by atoms with Crippen LogP contribution in [-0.4, -0.2) is 51.5 Å². The zero-order valence-corrected chi connectivity index (χ0v) is 18.3. The minimum atomic E-state index is -1.13. The fourth-order valence-corrected chi connectivity index (χ4v) is 2.11. The Morgan fingerprint density at radius 1 is 0.938 bits per heavy atom. The van der Waals surface area contributed by atoms with Crippen LogP contribution in [-0.2, 0) is 4.74 Å². The van der Waals surface area contributed by atoms with Crippen LogP contribution in [0.4, 0.5) is 0 Å². The molecule has 12 heteroatoms. The first kappa shape index (κ1) is 26.3. The number of aromatic carboxylic acids is 1. The molecule has 0 aliphatic heterocycles. The molecule has 0 saturated carbocycles. The van der Waals surface area contributed by atoms with Crippen molar-refractivity contribution in [1.82, 2.24) is 15.0 Å². The van der Waals surface area contributed by atoms with Crippen LogP contribution in [0.5, 0.6) is 5.88 Å². The number of aromatic nitrogens is 3. The summed E-state index contributed by atoms with van der Waals surface area (Å²) in [7, 11) is 2.80. The number of aromatic amines is 1. The Morgan fingerprint density at radius 2 is 1.56 bits per heavy atom. The Morgan fingerprint density at radius 3 is 2.03 bits per heavy atom. The van der Waals surface area contributed by atoms with Gasteiger partial charge in [-0.15, -0.1) is 0 Å². The number of esters is 1. The van der Waals surface area contributed by atoms with E-state index in [2.05, 4.69) is 19.7 Å². The van der Waals surface area contributed by atoms with Gasteiger partial charge in [-0.1, -0.05) is 29.8 Å². The quantitative estimate of drug-likeness (QED) is 0.325. The van der Waals surface area contributed by atoms with Gasteiger partial charge in [-0.3, -0.25) is 9.59 Å². The Balaban J connectivity index is 0.000000241. The van der Waals surface area contributed by atoms with Gasteiger partial charge in [0.25, 0.3) is 5.24 Å². The number of rotatable bonds is 4. The first-order valence-corrected chi connectivity index (χ1v) is 9.28. The number of H-pyrrole nitrogens is 1. The summed E-state index contributed by atoms with van der Waals surface area (Å²) >= 11 is 10.6. The molecule has 2 N–H and O–H groups in total. The summed E-state index contributed by atoms with van der Waals surface area (Å²) in [5.41, 5.74) is -0.0709. The van der Waals surface area contributed by atoms with E-state index in [1.807, 2.05) is 0 Å². The third-order valence-corrected chi connectivity index (χ3v) is 3.65. The normalized spacial score (nSPS) is 9.25. The lowest BCUT2D eigenvalue weighted by Crippen LogP contribution is -2.10. The zero-order chi connectivity index (χ0) is 24.1. The molecular weight excluding hydrogens is 465 g/mol. The van der Waals surface area contributed by atoms with E-state index in [-0.39, 0.29) is 22.2 Å². The standard InChI is InChI=1S/C8H9NO3.C6H3Cl2NO.C6H5NO3/c1-11-7-5-3-4-6(9-7)8(10)12-2;7-5-3-1-2-4(9-5)6(8)10;8-5-3-1-2-4(7-5)6(9)10/h3-5H,1-2H3;1-3H;1-3H,(H,7,8)(H,9,10). The second-order valence-corrected chi connectivity index (χ2v) is 6.14. The predicted octanol–water partition coefficient (Wildman–Crippen LogP) is 3.06. The maximum atomic E-state index is 10.9. The van der Waals surface area contributed by atoms with Crippen LogP contribution in [0.15, 0.2) is 59.4 Å². The highest BCUT2D eigenvalue weighted by Gasteiger charge is 2.06. The average molecular weight is 482 g/mol. The lowest BCUT2D eigenvalue weighted by Gasteiger charge is -2.00. The number of nitrogens with one attached hydrogen (secondary N) is 1. The third-order valence-electron chi connectivity index (χ3n) is 3.24. The number of carboxylic acids is 1. The van der Waals surface area contributed by atoms with E-state index >= 15 is 0 Å². The van der Waals surface area contributed by atoms with Crippen LogP contribution >= 0.6 is 23.2 Å². The topological polar surface area (TPSA) is 149 Å². The van der Waals surface area contributed by atoms with Crippen LogP contribution in [0.25, 0.3) is 0 Å². The van der Waals surface area contributed by atoms with Crippen molar-refractivity contribution in [2.24, 2.45) is 0 Å². The summed E-state index contributed by atoms with van der Waals surface area (Å²) in [6, 6.07) is 13.6. The molecule has 0 aliphatic carbocycles. The Hall–Kier alpha value is -3.76. The summed E-state index contributed by atoms with van der Waals surface area (Å²) in [4.78, 5) is 51.7. The molecule has 3 heterocycles.